The third-order valence-corrected chi connectivity index (χ3v) is 5.18. The van der Waals surface area contributed by atoms with Crippen LogP contribution in [-0.2, 0) is 33.4 Å². The first-order valence-electron chi connectivity index (χ1n) is 11.0. The Kier molecular flexibility index (Phi) is 21.7. The summed E-state index contributed by atoms with van der Waals surface area (Å²) < 4.78 is 10.5. The molecule has 0 aliphatic carbocycles. The summed E-state index contributed by atoms with van der Waals surface area (Å²) >= 11 is 13.9. The predicted molar refractivity (Wildman–Crippen MR) is 135 cm³/mol. The first kappa shape index (κ1) is 33.3. The minimum Gasteiger partial charge on any atom is -0.377 e. The highest BCUT2D eigenvalue weighted by molar-refractivity contribution is 9.09. The molecule has 0 rings (SSSR count). The summed E-state index contributed by atoms with van der Waals surface area (Å²) in [7, 11) is 0. The van der Waals surface area contributed by atoms with E-state index in [1.807, 2.05) is 0 Å². The molecule has 0 aliphatic rings. The lowest BCUT2D eigenvalue weighted by Crippen LogP contribution is -2.43. The van der Waals surface area contributed by atoms with E-state index in [0.29, 0.717) is 52.2 Å². The Morgan fingerprint density at radius 2 is 1.23 bits per heavy atom. The first-order chi connectivity index (χ1) is 16.8. The monoisotopic (exact) mass is 605 g/mol. The van der Waals surface area contributed by atoms with Gasteiger partial charge in [0.2, 0.25) is 29.5 Å². The molecule has 5 amide bonds. The van der Waals surface area contributed by atoms with Crippen molar-refractivity contribution in [3.05, 3.63) is 0 Å². The van der Waals surface area contributed by atoms with E-state index in [9.17, 15) is 24.0 Å². The van der Waals surface area contributed by atoms with Gasteiger partial charge in [-0.15, -0.1) is 23.2 Å². The zero-order valence-corrected chi connectivity index (χ0v) is 22.6. The predicted octanol–water partition coefficient (Wildman–Crippen LogP) is -1.03. The second kappa shape index (κ2) is 22.8. The maximum Gasteiger partial charge on any atom is 0.246 e. The number of nitrogens with one attached hydrogen (secondary N) is 4. The average molecular weight is 607 g/mol. The molecule has 202 valence electrons. The first-order valence-corrected chi connectivity index (χ1v) is 13.2. The highest BCUT2D eigenvalue weighted by Crippen LogP contribution is 1.96. The van der Waals surface area contributed by atoms with Crippen molar-refractivity contribution < 1.29 is 33.4 Å². The van der Waals surface area contributed by atoms with Gasteiger partial charge in [0.15, 0.2) is 0 Å². The minimum absolute atomic E-state index is 0.134. The number of amides is 5. The molecule has 0 aromatic rings. The number of nitrogens with zero attached hydrogens (tertiary/aromatic N) is 1. The van der Waals surface area contributed by atoms with Crippen molar-refractivity contribution in [2.45, 2.75) is 12.8 Å². The van der Waals surface area contributed by atoms with Crippen LogP contribution in [0.5, 0.6) is 0 Å². The van der Waals surface area contributed by atoms with Crippen molar-refractivity contribution in [1.82, 2.24) is 26.2 Å². The van der Waals surface area contributed by atoms with Gasteiger partial charge in [0, 0.05) is 32.7 Å². The van der Waals surface area contributed by atoms with Crippen LogP contribution in [0.4, 0.5) is 0 Å². The molecule has 0 saturated heterocycles. The standard InChI is InChI=1S/C20H34BrCl2N5O7/c21-11-16(29)26-5-8-34-9-10-35-15-19(32)27-14-20(33)28(6-1-3-24-17(30)12-22)7-2-4-25-18(31)13-23/h1-15H2,(H,24,30)(H,25,31)(H,26,29)(H,27,32). The lowest BCUT2D eigenvalue weighted by Gasteiger charge is -2.23. The largest absolute Gasteiger partial charge is 0.377 e. The van der Waals surface area contributed by atoms with E-state index in [4.69, 9.17) is 32.7 Å². The molecule has 0 atom stereocenters. The smallest absolute Gasteiger partial charge is 0.246 e. The summed E-state index contributed by atoms with van der Waals surface area (Å²) in [5.74, 6) is -1.77. The molecule has 0 saturated carbocycles. The molecular weight excluding hydrogens is 573 g/mol. The summed E-state index contributed by atoms with van der Waals surface area (Å²) in [4.78, 5) is 59.5. The maximum atomic E-state index is 12.6. The van der Waals surface area contributed by atoms with Gasteiger partial charge in [-0.1, -0.05) is 15.9 Å². The Bertz CT molecular complexity index is 637. The number of hydrogen-bond donors (Lipinski definition) is 4. The van der Waals surface area contributed by atoms with E-state index in [1.165, 1.54) is 0 Å². The van der Waals surface area contributed by atoms with Crippen LogP contribution in [0.1, 0.15) is 12.8 Å². The van der Waals surface area contributed by atoms with Crippen molar-refractivity contribution in [3.8, 4) is 0 Å². The van der Waals surface area contributed by atoms with Gasteiger partial charge in [-0.2, -0.15) is 0 Å². The van der Waals surface area contributed by atoms with E-state index < -0.39 is 5.91 Å². The van der Waals surface area contributed by atoms with Crippen molar-refractivity contribution >= 4 is 68.7 Å². The number of carbonyl (C=O) groups excluding carboxylic acids is 5. The Balaban J connectivity index is 4.20. The van der Waals surface area contributed by atoms with Crippen LogP contribution in [0.3, 0.4) is 0 Å². The summed E-state index contributed by atoms with van der Waals surface area (Å²) in [6.45, 7) is 2.10. The third kappa shape index (κ3) is 20.2. The highest BCUT2D eigenvalue weighted by Gasteiger charge is 2.15. The third-order valence-electron chi connectivity index (χ3n) is 4.18. The van der Waals surface area contributed by atoms with E-state index in [1.54, 1.807) is 4.90 Å². The van der Waals surface area contributed by atoms with Crippen LogP contribution in [0.25, 0.3) is 0 Å². The van der Waals surface area contributed by atoms with E-state index in [0.717, 1.165) is 0 Å². The Hall–Kier alpha value is -1.67. The maximum absolute atomic E-state index is 12.6. The lowest BCUT2D eigenvalue weighted by molar-refractivity contribution is -0.134. The molecule has 0 fully saturated rings. The van der Waals surface area contributed by atoms with Gasteiger partial charge >= 0.3 is 0 Å². The fraction of sp³-hybridized carbons (Fsp3) is 0.750. The second-order valence-corrected chi connectivity index (χ2v) is 8.08. The summed E-state index contributed by atoms with van der Waals surface area (Å²) in [5.41, 5.74) is 0. The van der Waals surface area contributed by atoms with Gasteiger partial charge in [0.1, 0.15) is 18.4 Å². The SMILES string of the molecule is O=C(CCl)NCCCN(CCCNC(=O)CCl)C(=O)CNC(=O)COCCOCCNC(=O)CBr. The van der Waals surface area contributed by atoms with Crippen LogP contribution in [0.2, 0.25) is 0 Å². The Morgan fingerprint density at radius 3 is 1.77 bits per heavy atom. The Labute approximate surface area is 223 Å². The molecule has 12 nitrogen and oxygen atoms in total. The molecule has 0 aromatic heterocycles. The number of alkyl halides is 3. The van der Waals surface area contributed by atoms with Gasteiger partial charge in [-0.05, 0) is 12.8 Å². The molecule has 0 heterocycles. The van der Waals surface area contributed by atoms with Crippen LogP contribution in [0, 0.1) is 0 Å². The zero-order valence-electron chi connectivity index (χ0n) is 19.5. The number of hydrogen-bond acceptors (Lipinski definition) is 7. The average Bonchev–Trinajstić information content (AvgIpc) is 2.86. The molecule has 0 aliphatic heterocycles. The quantitative estimate of drug-likeness (QED) is 0.0961. The molecule has 0 radical (unpaired) electrons. The minimum atomic E-state index is -0.452. The number of rotatable bonds is 21. The Morgan fingerprint density at radius 1 is 0.686 bits per heavy atom. The zero-order chi connectivity index (χ0) is 26.3. The summed E-state index contributed by atoms with van der Waals surface area (Å²) in [5, 5.41) is 10.6. The fourth-order valence-electron chi connectivity index (χ4n) is 2.48. The van der Waals surface area contributed by atoms with E-state index in [2.05, 4.69) is 37.2 Å². The normalized spacial score (nSPS) is 10.4. The van der Waals surface area contributed by atoms with Crippen LogP contribution in [0.15, 0.2) is 0 Å². The van der Waals surface area contributed by atoms with Gasteiger partial charge in [-0.3, -0.25) is 24.0 Å². The van der Waals surface area contributed by atoms with Gasteiger partial charge < -0.3 is 35.6 Å². The van der Waals surface area contributed by atoms with Crippen LogP contribution >= 0.6 is 39.1 Å². The molecular formula is C20H34BrCl2N5O7. The second-order valence-electron chi connectivity index (χ2n) is 6.98. The molecule has 0 aromatic carbocycles. The topological polar surface area (TPSA) is 155 Å². The van der Waals surface area contributed by atoms with Gasteiger partial charge in [-0.25, -0.2) is 0 Å². The number of halogens is 3. The molecule has 4 N–H and O–H groups in total. The van der Waals surface area contributed by atoms with Crippen molar-refractivity contribution in [2.24, 2.45) is 0 Å². The molecule has 35 heavy (non-hydrogen) atoms. The number of carbonyl (C=O) groups is 5. The van der Waals surface area contributed by atoms with E-state index in [-0.39, 0.29) is 67.1 Å². The number of ether oxygens (including phenoxy) is 2. The van der Waals surface area contributed by atoms with Gasteiger partial charge in [0.05, 0.1) is 31.7 Å². The van der Waals surface area contributed by atoms with Crippen molar-refractivity contribution in [2.75, 3.05) is 82.8 Å². The molecule has 0 spiro atoms. The molecule has 15 heteroatoms. The van der Waals surface area contributed by atoms with Crippen molar-refractivity contribution in [1.29, 1.82) is 0 Å². The van der Waals surface area contributed by atoms with Crippen LogP contribution < -0.4 is 21.3 Å². The van der Waals surface area contributed by atoms with Crippen LogP contribution in [-0.4, -0.2) is 117 Å². The lowest BCUT2D eigenvalue weighted by atomic mass is 10.3. The van der Waals surface area contributed by atoms with Gasteiger partial charge in [0.25, 0.3) is 0 Å². The van der Waals surface area contributed by atoms with Crippen molar-refractivity contribution in [3.63, 3.8) is 0 Å². The fourth-order valence-corrected chi connectivity index (χ4v) is 2.87. The molecule has 0 unspecified atom stereocenters. The summed E-state index contributed by atoms with van der Waals surface area (Å²) in [6, 6.07) is 0. The van der Waals surface area contributed by atoms with E-state index >= 15 is 0 Å². The molecule has 0 bridgehead atoms. The highest BCUT2D eigenvalue weighted by atomic mass is 79.9. The summed E-state index contributed by atoms with van der Waals surface area (Å²) in [6.07, 6.45) is 0.999.